The molecule has 0 spiro atoms. The predicted octanol–water partition coefficient (Wildman–Crippen LogP) is 2.61. The number of hydrogen-bond donors (Lipinski definition) is 2. The molecule has 0 aliphatic rings. The van der Waals surface area contributed by atoms with E-state index in [4.69, 9.17) is 4.74 Å². The molecule has 2 aromatic heterocycles. The Bertz CT molecular complexity index is 992. The molecule has 0 radical (unpaired) electrons. The summed E-state index contributed by atoms with van der Waals surface area (Å²) in [6.07, 6.45) is 7.16. The number of rotatable bonds is 9. The van der Waals surface area contributed by atoms with Crippen molar-refractivity contribution >= 4 is 29.0 Å². The highest BCUT2D eigenvalue weighted by Gasteiger charge is 2.24. The summed E-state index contributed by atoms with van der Waals surface area (Å²) in [4.78, 5) is 35.0. The van der Waals surface area contributed by atoms with Gasteiger partial charge in [0.1, 0.15) is 6.33 Å². The van der Waals surface area contributed by atoms with Crippen LogP contribution in [-0.4, -0.2) is 44.1 Å². The Labute approximate surface area is 165 Å². The van der Waals surface area contributed by atoms with Gasteiger partial charge in [-0.15, -0.1) is 0 Å². The zero-order chi connectivity index (χ0) is 20.6. The molecule has 29 heavy (non-hydrogen) atoms. The molecule has 3 aromatic rings. The molecular formula is C18H19N7O4. The second-order valence-corrected chi connectivity index (χ2v) is 5.92. The first-order valence-corrected chi connectivity index (χ1v) is 8.73. The Hall–Kier alpha value is -4.02. The minimum Gasteiger partial charge on any atom is -0.465 e. The fourth-order valence-corrected chi connectivity index (χ4v) is 2.67. The van der Waals surface area contributed by atoms with Crippen LogP contribution in [0.4, 0.5) is 23.0 Å². The van der Waals surface area contributed by atoms with Gasteiger partial charge in [-0.2, -0.15) is 0 Å². The van der Waals surface area contributed by atoms with Crippen LogP contribution in [0.5, 0.6) is 0 Å². The number of anilines is 3. The highest BCUT2D eigenvalue weighted by Crippen LogP contribution is 2.32. The smallest absolute Gasteiger partial charge is 0.353 e. The van der Waals surface area contributed by atoms with E-state index in [2.05, 4.69) is 25.6 Å². The van der Waals surface area contributed by atoms with Crippen molar-refractivity contribution in [1.29, 1.82) is 0 Å². The fourth-order valence-electron chi connectivity index (χ4n) is 2.67. The molecule has 150 valence electrons. The summed E-state index contributed by atoms with van der Waals surface area (Å²) in [5, 5.41) is 17.5. The van der Waals surface area contributed by atoms with E-state index < -0.39 is 10.9 Å². The van der Waals surface area contributed by atoms with Crippen LogP contribution in [0.1, 0.15) is 16.8 Å². The molecule has 0 aliphatic heterocycles. The number of methoxy groups -OCH3 is 1. The molecule has 0 saturated heterocycles. The number of para-hydroxylation sites is 1. The first kappa shape index (κ1) is 19.7. The van der Waals surface area contributed by atoms with Crippen molar-refractivity contribution in [3.8, 4) is 0 Å². The lowest BCUT2D eigenvalue weighted by Gasteiger charge is -2.12. The number of ether oxygens (including phenoxy) is 1. The summed E-state index contributed by atoms with van der Waals surface area (Å²) in [7, 11) is 1.26. The number of carbonyl (C=O) groups excluding carboxylic acids is 1. The van der Waals surface area contributed by atoms with Crippen molar-refractivity contribution in [2.24, 2.45) is 0 Å². The van der Waals surface area contributed by atoms with Crippen LogP contribution in [0.25, 0.3) is 0 Å². The third kappa shape index (κ3) is 4.83. The Morgan fingerprint density at radius 2 is 2.07 bits per heavy atom. The summed E-state index contributed by atoms with van der Waals surface area (Å²) >= 11 is 0. The molecule has 0 saturated carbocycles. The van der Waals surface area contributed by atoms with Gasteiger partial charge in [0.15, 0.2) is 0 Å². The summed E-state index contributed by atoms with van der Waals surface area (Å²) in [6, 6.07) is 6.52. The van der Waals surface area contributed by atoms with E-state index >= 15 is 0 Å². The molecule has 0 bridgehead atoms. The van der Waals surface area contributed by atoms with Crippen molar-refractivity contribution in [3.63, 3.8) is 0 Å². The normalized spacial score (nSPS) is 10.4. The van der Waals surface area contributed by atoms with Crippen molar-refractivity contribution < 1.29 is 14.5 Å². The quantitative estimate of drug-likeness (QED) is 0.241. The molecule has 0 amide bonds. The molecule has 2 heterocycles. The molecule has 1 aromatic carbocycles. The first-order chi connectivity index (χ1) is 14.1. The number of carbonyl (C=O) groups is 1. The standard InChI is InChI=1S/C18H19N7O4/c1-29-18(26)13-5-2-3-6-14(13)23-17-15(25(27)28)16(21-11-22-17)20-7-4-9-24-10-8-19-12-24/h2-3,5-6,8,10-12H,4,7,9H2,1H3,(H2,20,21,22,23). The second kappa shape index (κ2) is 9.26. The molecule has 11 nitrogen and oxygen atoms in total. The van der Waals surface area contributed by atoms with Crippen LogP contribution < -0.4 is 10.6 Å². The first-order valence-electron chi connectivity index (χ1n) is 8.73. The van der Waals surface area contributed by atoms with Crippen molar-refractivity contribution in [2.45, 2.75) is 13.0 Å². The van der Waals surface area contributed by atoms with Crippen molar-refractivity contribution in [3.05, 3.63) is 65.0 Å². The van der Waals surface area contributed by atoms with E-state index in [1.807, 2.05) is 10.8 Å². The Morgan fingerprint density at radius 3 is 2.79 bits per heavy atom. The van der Waals surface area contributed by atoms with Crippen LogP contribution in [-0.2, 0) is 11.3 Å². The van der Waals surface area contributed by atoms with Crippen LogP contribution in [0.2, 0.25) is 0 Å². The maximum atomic E-state index is 11.9. The van der Waals surface area contributed by atoms with Crippen molar-refractivity contribution in [1.82, 2.24) is 19.5 Å². The highest BCUT2D eigenvalue weighted by atomic mass is 16.6. The lowest BCUT2D eigenvalue weighted by atomic mass is 10.2. The zero-order valence-corrected chi connectivity index (χ0v) is 15.6. The summed E-state index contributed by atoms with van der Waals surface area (Å²) in [6.45, 7) is 1.18. The molecule has 0 unspecified atom stereocenters. The lowest BCUT2D eigenvalue weighted by molar-refractivity contribution is -0.383. The molecule has 0 aliphatic carbocycles. The van der Waals surface area contributed by atoms with Gasteiger partial charge in [-0.3, -0.25) is 10.1 Å². The molecular weight excluding hydrogens is 378 g/mol. The van der Waals surface area contributed by atoms with Gasteiger partial charge in [-0.05, 0) is 18.6 Å². The van der Waals surface area contributed by atoms with Gasteiger partial charge in [0, 0.05) is 25.5 Å². The van der Waals surface area contributed by atoms with Gasteiger partial charge >= 0.3 is 11.7 Å². The number of aromatic nitrogens is 4. The molecule has 3 rings (SSSR count). The largest absolute Gasteiger partial charge is 0.465 e. The highest BCUT2D eigenvalue weighted by molar-refractivity contribution is 5.96. The third-order valence-electron chi connectivity index (χ3n) is 4.04. The topological polar surface area (TPSA) is 137 Å². The monoisotopic (exact) mass is 397 g/mol. The number of nitro groups is 1. The number of hydrogen-bond acceptors (Lipinski definition) is 9. The molecule has 0 atom stereocenters. The lowest BCUT2D eigenvalue weighted by Crippen LogP contribution is -2.12. The van der Waals surface area contributed by atoms with E-state index in [1.54, 1.807) is 36.8 Å². The molecule has 11 heteroatoms. The van der Waals surface area contributed by atoms with Crippen LogP contribution >= 0.6 is 0 Å². The number of esters is 1. The van der Waals surface area contributed by atoms with Gasteiger partial charge in [-0.25, -0.2) is 19.7 Å². The number of nitrogens with one attached hydrogen (secondary N) is 2. The summed E-state index contributed by atoms with van der Waals surface area (Å²) in [5.74, 6) is -0.505. The Balaban J connectivity index is 1.78. The van der Waals surface area contributed by atoms with Crippen LogP contribution in [0.3, 0.4) is 0 Å². The van der Waals surface area contributed by atoms with Crippen LogP contribution in [0.15, 0.2) is 49.3 Å². The second-order valence-electron chi connectivity index (χ2n) is 5.92. The summed E-state index contributed by atoms with van der Waals surface area (Å²) in [5.41, 5.74) is 0.264. The number of nitrogens with zero attached hydrogens (tertiary/aromatic N) is 5. The minimum absolute atomic E-state index is 0.0292. The van der Waals surface area contributed by atoms with E-state index in [1.165, 1.54) is 13.4 Å². The number of benzene rings is 1. The maximum absolute atomic E-state index is 11.9. The Kier molecular flexibility index (Phi) is 6.30. The van der Waals surface area contributed by atoms with E-state index in [0.717, 1.165) is 0 Å². The molecule has 2 N–H and O–H groups in total. The van der Waals surface area contributed by atoms with E-state index in [0.29, 0.717) is 25.2 Å². The minimum atomic E-state index is -0.568. The number of imidazole rings is 1. The van der Waals surface area contributed by atoms with Gasteiger partial charge in [0.2, 0.25) is 11.6 Å². The molecule has 0 fully saturated rings. The van der Waals surface area contributed by atoms with Crippen molar-refractivity contribution in [2.75, 3.05) is 24.3 Å². The zero-order valence-electron chi connectivity index (χ0n) is 15.6. The third-order valence-corrected chi connectivity index (χ3v) is 4.04. The van der Waals surface area contributed by atoms with Gasteiger partial charge in [0.05, 0.1) is 29.6 Å². The summed E-state index contributed by atoms with van der Waals surface area (Å²) < 4.78 is 6.66. The SMILES string of the molecule is COC(=O)c1ccccc1Nc1ncnc(NCCCn2ccnc2)c1[N+](=O)[O-]. The Morgan fingerprint density at radius 1 is 1.28 bits per heavy atom. The van der Waals surface area contributed by atoms with Gasteiger partial charge < -0.3 is 19.9 Å². The van der Waals surface area contributed by atoms with E-state index in [9.17, 15) is 14.9 Å². The number of aryl methyl sites for hydroxylation is 1. The predicted molar refractivity (Wildman–Crippen MR) is 105 cm³/mol. The van der Waals surface area contributed by atoms with Crippen LogP contribution in [0, 0.1) is 10.1 Å². The fraction of sp³-hybridized carbons (Fsp3) is 0.222. The van der Waals surface area contributed by atoms with Gasteiger partial charge in [-0.1, -0.05) is 12.1 Å². The average molecular weight is 397 g/mol. The maximum Gasteiger partial charge on any atom is 0.353 e. The average Bonchev–Trinajstić information content (AvgIpc) is 3.24. The van der Waals surface area contributed by atoms with Gasteiger partial charge in [0.25, 0.3) is 0 Å². The van der Waals surface area contributed by atoms with E-state index in [-0.39, 0.29) is 22.9 Å².